The predicted molar refractivity (Wildman–Crippen MR) is 53.9 cm³/mol. The Labute approximate surface area is 87.5 Å². The van der Waals surface area contributed by atoms with Crippen LogP contribution in [0.5, 0.6) is 0 Å². The number of carbonyl (C=O) groups is 1. The Morgan fingerprint density at radius 2 is 2.33 bits per heavy atom. The van der Waals surface area contributed by atoms with Crippen LogP contribution in [0.3, 0.4) is 0 Å². The fourth-order valence-corrected chi connectivity index (χ4v) is 1.88. The highest BCUT2D eigenvalue weighted by Gasteiger charge is 2.23. The van der Waals surface area contributed by atoms with Gasteiger partial charge in [-0.2, -0.15) is 10.4 Å². The minimum Gasteiger partial charge on any atom is -0.310 e. The van der Waals surface area contributed by atoms with Crippen LogP contribution in [0.4, 0.5) is 5.82 Å². The highest BCUT2D eigenvalue weighted by Crippen LogP contribution is 2.26. The normalized spacial score (nSPS) is 16.2. The molecule has 1 saturated carbocycles. The molecule has 0 saturated heterocycles. The molecule has 1 aromatic heterocycles. The van der Waals surface area contributed by atoms with Gasteiger partial charge in [0, 0.05) is 5.92 Å². The Morgan fingerprint density at radius 1 is 1.60 bits per heavy atom. The summed E-state index contributed by atoms with van der Waals surface area (Å²) in [4.78, 5) is 11.7. The van der Waals surface area contributed by atoms with Gasteiger partial charge in [0.2, 0.25) is 5.91 Å². The van der Waals surface area contributed by atoms with Crippen LogP contribution in [0.15, 0.2) is 6.20 Å². The van der Waals surface area contributed by atoms with E-state index < -0.39 is 0 Å². The largest absolute Gasteiger partial charge is 0.310 e. The van der Waals surface area contributed by atoms with Crippen LogP contribution in [-0.4, -0.2) is 16.1 Å². The van der Waals surface area contributed by atoms with Crippen molar-refractivity contribution in [3.05, 3.63) is 11.8 Å². The number of aromatic amines is 1. The molecule has 1 aromatic rings. The minimum atomic E-state index is -0.00625. The van der Waals surface area contributed by atoms with Crippen molar-refractivity contribution in [3.63, 3.8) is 0 Å². The van der Waals surface area contributed by atoms with Crippen LogP contribution in [0.1, 0.15) is 31.2 Å². The molecule has 1 aliphatic carbocycles. The number of nitriles is 1. The molecule has 5 heteroatoms. The number of H-pyrrole nitrogens is 1. The highest BCUT2D eigenvalue weighted by atomic mass is 16.2. The van der Waals surface area contributed by atoms with E-state index in [0.717, 1.165) is 25.7 Å². The smallest absolute Gasteiger partial charge is 0.228 e. The topological polar surface area (TPSA) is 81.6 Å². The Bertz CT molecular complexity index is 398. The molecular weight excluding hydrogens is 192 g/mol. The first-order chi connectivity index (χ1) is 7.31. The van der Waals surface area contributed by atoms with Gasteiger partial charge in [-0.15, -0.1) is 0 Å². The van der Waals surface area contributed by atoms with Gasteiger partial charge in [0.25, 0.3) is 0 Å². The van der Waals surface area contributed by atoms with Crippen LogP contribution < -0.4 is 5.32 Å². The van der Waals surface area contributed by atoms with E-state index in [1.54, 1.807) is 0 Å². The average molecular weight is 204 g/mol. The van der Waals surface area contributed by atoms with Crippen molar-refractivity contribution < 1.29 is 4.79 Å². The van der Waals surface area contributed by atoms with E-state index in [4.69, 9.17) is 5.26 Å². The van der Waals surface area contributed by atoms with E-state index in [-0.39, 0.29) is 11.8 Å². The van der Waals surface area contributed by atoms with Crippen LogP contribution in [0.25, 0.3) is 0 Å². The molecule has 1 aliphatic rings. The summed E-state index contributed by atoms with van der Waals surface area (Å²) < 4.78 is 0. The zero-order chi connectivity index (χ0) is 10.7. The molecule has 0 aromatic carbocycles. The summed E-state index contributed by atoms with van der Waals surface area (Å²) in [5.41, 5.74) is 0.376. The fraction of sp³-hybridized carbons (Fsp3) is 0.500. The zero-order valence-electron chi connectivity index (χ0n) is 8.29. The molecule has 0 aliphatic heterocycles. The molecule has 1 amide bonds. The van der Waals surface area contributed by atoms with Gasteiger partial charge in [0.1, 0.15) is 17.5 Å². The van der Waals surface area contributed by atoms with E-state index in [1.807, 2.05) is 6.07 Å². The molecule has 0 unspecified atom stereocenters. The lowest BCUT2D eigenvalue weighted by Crippen LogP contribution is -2.20. The first-order valence-electron chi connectivity index (χ1n) is 5.05. The second-order valence-electron chi connectivity index (χ2n) is 3.74. The highest BCUT2D eigenvalue weighted by molar-refractivity contribution is 5.92. The zero-order valence-corrected chi connectivity index (χ0v) is 8.29. The maximum atomic E-state index is 11.7. The molecule has 0 radical (unpaired) electrons. The summed E-state index contributed by atoms with van der Waals surface area (Å²) in [5.74, 6) is 0.502. The van der Waals surface area contributed by atoms with Gasteiger partial charge in [-0.3, -0.25) is 9.89 Å². The van der Waals surface area contributed by atoms with Gasteiger partial charge >= 0.3 is 0 Å². The molecule has 1 fully saturated rings. The molecule has 2 rings (SSSR count). The Kier molecular flexibility index (Phi) is 2.68. The van der Waals surface area contributed by atoms with Crippen molar-refractivity contribution in [1.82, 2.24) is 10.2 Å². The number of aromatic nitrogens is 2. The first kappa shape index (κ1) is 9.71. The number of anilines is 1. The van der Waals surface area contributed by atoms with E-state index in [0.29, 0.717) is 11.4 Å². The summed E-state index contributed by atoms with van der Waals surface area (Å²) in [6.45, 7) is 0. The second kappa shape index (κ2) is 4.13. The lowest BCUT2D eigenvalue weighted by molar-refractivity contribution is -0.119. The maximum Gasteiger partial charge on any atom is 0.228 e. The van der Waals surface area contributed by atoms with Crippen LogP contribution in [-0.2, 0) is 4.79 Å². The molecule has 78 valence electrons. The lowest BCUT2D eigenvalue weighted by atomic mass is 10.1. The second-order valence-corrected chi connectivity index (χ2v) is 3.74. The van der Waals surface area contributed by atoms with Crippen molar-refractivity contribution in [2.45, 2.75) is 25.7 Å². The van der Waals surface area contributed by atoms with Gasteiger partial charge in [-0.1, -0.05) is 12.8 Å². The quantitative estimate of drug-likeness (QED) is 0.764. The molecule has 0 bridgehead atoms. The van der Waals surface area contributed by atoms with Crippen molar-refractivity contribution in [2.24, 2.45) is 5.92 Å². The van der Waals surface area contributed by atoms with Crippen molar-refractivity contribution in [2.75, 3.05) is 5.32 Å². The van der Waals surface area contributed by atoms with Crippen molar-refractivity contribution >= 4 is 11.7 Å². The Hall–Kier alpha value is -1.83. The van der Waals surface area contributed by atoms with Crippen LogP contribution in [0, 0.1) is 17.2 Å². The molecule has 15 heavy (non-hydrogen) atoms. The number of nitrogens with one attached hydrogen (secondary N) is 2. The molecule has 0 spiro atoms. The number of rotatable bonds is 2. The van der Waals surface area contributed by atoms with Crippen LogP contribution in [0.2, 0.25) is 0 Å². The fourth-order valence-electron chi connectivity index (χ4n) is 1.88. The first-order valence-corrected chi connectivity index (χ1v) is 5.05. The average Bonchev–Trinajstić information content (AvgIpc) is 2.87. The number of carbonyl (C=O) groups excluding carboxylic acids is 1. The molecular formula is C10H12N4O. The molecule has 0 atom stereocenters. The monoisotopic (exact) mass is 204 g/mol. The van der Waals surface area contributed by atoms with E-state index in [2.05, 4.69) is 15.5 Å². The lowest BCUT2D eigenvalue weighted by Gasteiger charge is -2.08. The summed E-state index contributed by atoms with van der Waals surface area (Å²) in [6, 6.07) is 1.96. The van der Waals surface area contributed by atoms with E-state index >= 15 is 0 Å². The van der Waals surface area contributed by atoms with Gasteiger partial charge in [-0.05, 0) is 12.8 Å². The van der Waals surface area contributed by atoms with Crippen molar-refractivity contribution in [1.29, 1.82) is 5.26 Å². The third kappa shape index (κ3) is 1.99. The maximum absolute atomic E-state index is 11.7. The number of amides is 1. The van der Waals surface area contributed by atoms with E-state index in [1.165, 1.54) is 6.20 Å². The van der Waals surface area contributed by atoms with Gasteiger partial charge in [0.05, 0.1) is 6.20 Å². The standard InChI is InChI=1S/C10H12N4O/c11-5-8-6-12-14-9(8)13-10(15)7-3-1-2-4-7/h6-7H,1-4H2,(H2,12,13,14,15). The third-order valence-corrected chi connectivity index (χ3v) is 2.73. The van der Waals surface area contributed by atoms with Gasteiger partial charge in [-0.25, -0.2) is 0 Å². The Balaban J connectivity index is 2.02. The summed E-state index contributed by atoms with van der Waals surface area (Å²) >= 11 is 0. The van der Waals surface area contributed by atoms with Gasteiger partial charge < -0.3 is 5.32 Å². The minimum absolute atomic E-state index is 0.00625. The van der Waals surface area contributed by atoms with E-state index in [9.17, 15) is 4.79 Å². The summed E-state index contributed by atoms with van der Waals surface area (Å²) in [5, 5.41) is 17.7. The SMILES string of the molecule is N#Cc1cn[nH]c1NC(=O)C1CCCC1. The number of hydrogen-bond donors (Lipinski definition) is 2. The molecule has 5 nitrogen and oxygen atoms in total. The van der Waals surface area contributed by atoms with Crippen molar-refractivity contribution in [3.8, 4) is 6.07 Å². The number of nitrogens with zero attached hydrogens (tertiary/aromatic N) is 2. The number of hydrogen-bond acceptors (Lipinski definition) is 3. The Morgan fingerprint density at radius 3 is 3.00 bits per heavy atom. The predicted octanol–water partition coefficient (Wildman–Crippen LogP) is 1.41. The summed E-state index contributed by atoms with van der Waals surface area (Å²) in [7, 11) is 0. The molecule has 2 N–H and O–H groups in total. The third-order valence-electron chi connectivity index (χ3n) is 2.73. The summed E-state index contributed by atoms with van der Waals surface area (Å²) in [6.07, 6.45) is 5.53. The van der Waals surface area contributed by atoms with Gasteiger partial charge in [0.15, 0.2) is 0 Å². The van der Waals surface area contributed by atoms with Crippen LogP contribution >= 0.6 is 0 Å². The molecule has 1 heterocycles.